The van der Waals surface area contributed by atoms with Gasteiger partial charge in [-0.1, -0.05) is 35.3 Å². The molecule has 1 N–H and O–H groups in total. The Balaban J connectivity index is 1.57. The molecule has 29 heavy (non-hydrogen) atoms. The molecular weight excluding hydrogens is 419 g/mol. The van der Waals surface area contributed by atoms with Crippen molar-refractivity contribution in [2.75, 3.05) is 6.79 Å². The molecule has 0 unspecified atom stereocenters. The van der Waals surface area contributed by atoms with Crippen LogP contribution in [-0.2, 0) is 19.6 Å². The monoisotopic (exact) mass is 434 g/mol. The van der Waals surface area contributed by atoms with Crippen molar-refractivity contribution < 1.29 is 23.8 Å². The predicted molar refractivity (Wildman–Crippen MR) is 105 cm³/mol. The molecule has 150 valence electrons. The lowest BCUT2D eigenvalue weighted by Crippen LogP contribution is -2.23. The van der Waals surface area contributed by atoms with Gasteiger partial charge in [-0.2, -0.15) is 0 Å². The maximum Gasteiger partial charge on any atom is 0.357 e. The highest BCUT2D eigenvalue weighted by Gasteiger charge is 2.18. The molecule has 4 rings (SSSR count). The molecule has 0 radical (unpaired) electrons. The van der Waals surface area contributed by atoms with Crippen LogP contribution in [0, 0.1) is 0 Å². The Kier molecular flexibility index (Phi) is 5.62. The van der Waals surface area contributed by atoms with Crippen LogP contribution in [0.15, 0.2) is 47.1 Å². The molecule has 0 aliphatic carbocycles. The van der Waals surface area contributed by atoms with Crippen LogP contribution in [0.2, 0.25) is 10.0 Å². The number of benzene rings is 2. The van der Waals surface area contributed by atoms with Crippen molar-refractivity contribution in [3.05, 3.63) is 75.4 Å². The van der Waals surface area contributed by atoms with E-state index < -0.39 is 5.97 Å². The number of oxazole rings is 1. The van der Waals surface area contributed by atoms with Gasteiger partial charge in [-0.3, -0.25) is 4.90 Å². The van der Waals surface area contributed by atoms with Crippen LogP contribution in [-0.4, -0.2) is 27.8 Å². The largest absolute Gasteiger partial charge is 0.476 e. The number of hydrogen-bond donors (Lipinski definition) is 1. The fraction of sp³-hybridized carbons (Fsp3) is 0.200. The van der Waals surface area contributed by atoms with E-state index in [4.69, 9.17) is 42.2 Å². The fourth-order valence-electron chi connectivity index (χ4n) is 3.03. The van der Waals surface area contributed by atoms with Gasteiger partial charge in [0.2, 0.25) is 12.7 Å². The van der Waals surface area contributed by atoms with Crippen molar-refractivity contribution in [1.29, 1.82) is 0 Å². The topological polar surface area (TPSA) is 85.0 Å². The van der Waals surface area contributed by atoms with Crippen LogP contribution in [0.4, 0.5) is 0 Å². The Hall–Kier alpha value is -2.74. The van der Waals surface area contributed by atoms with Gasteiger partial charge in [0.25, 0.3) is 0 Å². The number of ether oxygens (including phenoxy) is 2. The van der Waals surface area contributed by atoms with Crippen molar-refractivity contribution in [1.82, 2.24) is 9.88 Å². The van der Waals surface area contributed by atoms with Crippen molar-refractivity contribution in [3.63, 3.8) is 0 Å². The number of aromatic carboxylic acids is 1. The average molecular weight is 435 g/mol. The van der Waals surface area contributed by atoms with Crippen LogP contribution in [0.5, 0.6) is 11.5 Å². The lowest BCUT2D eigenvalue weighted by molar-refractivity contribution is 0.0690. The third-order valence-electron chi connectivity index (χ3n) is 4.38. The summed E-state index contributed by atoms with van der Waals surface area (Å²) < 4.78 is 16.1. The second-order valence-electron chi connectivity index (χ2n) is 6.50. The van der Waals surface area contributed by atoms with Crippen molar-refractivity contribution in [2.45, 2.75) is 19.6 Å². The first-order valence-electron chi connectivity index (χ1n) is 8.70. The highest BCUT2D eigenvalue weighted by molar-refractivity contribution is 6.35. The minimum absolute atomic E-state index is 0.132. The van der Waals surface area contributed by atoms with Gasteiger partial charge in [-0.05, 0) is 35.4 Å². The number of halogens is 2. The normalized spacial score (nSPS) is 12.5. The molecule has 1 aliphatic rings. The van der Waals surface area contributed by atoms with Gasteiger partial charge in [0.15, 0.2) is 17.2 Å². The summed E-state index contributed by atoms with van der Waals surface area (Å²) in [6, 6.07) is 11.0. The first kappa shape index (κ1) is 19.6. The van der Waals surface area contributed by atoms with E-state index in [1.165, 1.54) is 0 Å². The Morgan fingerprint density at radius 1 is 1.07 bits per heavy atom. The van der Waals surface area contributed by atoms with E-state index in [9.17, 15) is 4.79 Å². The van der Waals surface area contributed by atoms with Gasteiger partial charge < -0.3 is 19.0 Å². The Bertz CT molecular complexity index is 1050. The lowest BCUT2D eigenvalue weighted by atomic mass is 10.1. The summed E-state index contributed by atoms with van der Waals surface area (Å²) in [6.45, 7) is 1.51. The minimum atomic E-state index is -1.14. The number of carbonyl (C=O) groups is 1. The maximum absolute atomic E-state index is 11.1. The standard InChI is InChI=1S/C20H16Cl2N2O5/c21-14-3-2-13(15(22)6-14)8-24(9-19-23-16(10-27-19)20(25)26)7-12-1-4-17-18(5-12)29-11-28-17/h1-6,10H,7-9,11H2,(H,25,26). The second-order valence-corrected chi connectivity index (χ2v) is 7.34. The average Bonchev–Trinajstić information content (AvgIpc) is 3.33. The summed E-state index contributed by atoms with van der Waals surface area (Å²) in [4.78, 5) is 17.1. The van der Waals surface area contributed by atoms with Crippen LogP contribution in [0.3, 0.4) is 0 Å². The number of rotatable bonds is 7. The van der Waals surface area contributed by atoms with Crippen LogP contribution >= 0.6 is 23.2 Å². The van der Waals surface area contributed by atoms with E-state index >= 15 is 0 Å². The zero-order valence-corrected chi connectivity index (χ0v) is 16.6. The van der Waals surface area contributed by atoms with E-state index in [1.807, 2.05) is 29.2 Å². The SMILES string of the molecule is O=C(O)c1coc(CN(Cc2ccc3c(c2)OCO3)Cc2ccc(Cl)cc2Cl)n1. The summed E-state index contributed by atoms with van der Waals surface area (Å²) in [5.41, 5.74) is 1.73. The Labute approximate surface area is 176 Å². The zero-order valence-electron chi connectivity index (χ0n) is 15.1. The van der Waals surface area contributed by atoms with Gasteiger partial charge in [0.05, 0.1) is 6.54 Å². The van der Waals surface area contributed by atoms with Crippen LogP contribution in [0.25, 0.3) is 0 Å². The lowest BCUT2D eigenvalue weighted by Gasteiger charge is -2.22. The van der Waals surface area contributed by atoms with Gasteiger partial charge in [-0.15, -0.1) is 0 Å². The fourth-order valence-corrected chi connectivity index (χ4v) is 3.50. The first-order chi connectivity index (χ1) is 14.0. The van der Waals surface area contributed by atoms with E-state index in [-0.39, 0.29) is 12.5 Å². The number of hydrogen-bond acceptors (Lipinski definition) is 6. The van der Waals surface area contributed by atoms with Gasteiger partial charge in [0, 0.05) is 23.1 Å². The molecular formula is C20H16Cl2N2O5. The van der Waals surface area contributed by atoms with Crippen molar-refractivity contribution in [2.24, 2.45) is 0 Å². The molecule has 0 saturated heterocycles. The molecule has 3 aromatic rings. The summed E-state index contributed by atoms with van der Waals surface area (Å²) in [6.07, 6.45) is 1.13. The molecule has 0 fully saturated rings. The first-order valence-corrected chi connectivity index (χ1v) is 9.46. The van der Waals surface area contributed by atoms with Crippen molar-refractivity contribution in [3.8, 4) is 11.5 Å². The summed E-state index contributed by atoms with van der Waals surface area (Å²) >= 11 is 12.3. The highest BCUT2D eigenvalue weighted by atomic mass is 35.5. The predicted octanol–water partition coefficient (Wildman–Crippen LogP) is 4.61. The summed E-state index contributed by atoms with van der Waals surface area (Å²) in [5, 5.41) is 10.2. The van der Waals surface area contributed by atoms with Gasteiger partial charge >= 0.3 is 5.97 Å². The molecule has 0 bridgehead atoms. The van der Waals surface area contributed by atoms with Gasteiger partial charge in [-0.25, -0.2) is 9.78 Å². The highest BCUT2D eigenvalue weighted by Crippen LogP contribution is 2.33. The molecule has 0 saturated carbocycles. The smallest absolute Gasteiger partial charge is 0.357 e. The molecule has 0 spiro atoms. The molecule has 1 aliphatic heterocycles. The quantitative estimate of drug-likeness (QED) is 0.580. The Morgan fingerprint density at radius 2 is 1.90 bits per heavy atom. The van der Waals surface area contributed by atoms with E-state index in [0.717, 1.165) is 17.4 Å². The molecule has 0 atom stereocenters. The third kappa shape index (κ3) is 4.64. The molecule has 9 heteroatoms. The third-order valence-corrected chi connectivity index (χ3v) is 4.97. The van der Waals surface area contributed by atoms with Crippen LogP contribution in [0.1, 0.15) is 27.5 Å². The van der Waals surface area contributed by atoms with Crippen molar-refractivity contribution >= 4 is 29.2 Å². The van der Waals surface area contributed by atoms with E-state index in [2.05, 4.69) is 4.98 Å². The molecule has 7 nitrogen and oxygen atoms in total. The zero-order chi connectivity index (χ0) is 20.4. The van der Waals surface area contributed by atoms with Crippen LogP contribution < -0.4 is 9.47 Å². The summed E-state index contributed by atoms with van der Waals surface area (Å²) in [5.74, 6) is 0.562. The van der Waals surface area contributed by atoms with Gasteiger partial charge in [0.1, 0.15) is 6.26 Å². The van der Waals surface area contributed by atoms with E-state index in [0.29, 0.717) is 47.1 Å². The number of carboxylic acid groups (broad SMARTS) is 1. The molecule has 0 amide bonds. The number of nitrogens with zero attached hydrogens (tertiary/aromatic N) is 2. The Morgan fingerprint density at radius 3 is 2.66 bits per heavy atom. The maximum atomic E-state index is 11.1. The number of aromatic nitrogens is 1. The van der Waals surface area contributed by atoms with E-state index in [1.54, 1.807) is 12.1 Å². The minimum Gasteiger partial charge on any atom is -0.476 e. The number of fused-ring (bicyclic) bond motifs is 1. The number of carboxylic acids is 1. The molecule has 1 aromatic heterocycles. The second kappa shape index (κ2) is 8.32. The summed E-state index contributed by atoms with van der Waals surface area (Å²) in [7, 11) is 0. The molecule has 2 aromatic carbocycles. The molecule has 2 heterocycles.